The summed E-state index contributed by atoms with van der Waals surface area (Å²) in [4.78, 5) is 3.92. The molecular formula is C15H15F3N2. The third kappa shape index (κ3) is 3.57. The van der Waals surface area contributed by atoms with E-state index in [1.54, 1.807) is 18.5 Å². The highest BCUT2D eigenvalue weighted by atomic mass is 19.4. The predicted molar refractivity (Wildman–Crippen MR) is 70.9 cm³/mol. The fourth-order valence-corrected chi connectivity index (χ4v) is 1.98. The molecule has 0 aliphatic heterocycles. The van der Waals surface area contributed by atoms with Crippen LogP contribution in [0.4, 0.5) is 13.2 Å². The number of rotatable bonds is 4. The quantitative estimate of drug-likeness (QED) is 0.917. The van der Waals surface area contributed by atoms with Crippen LogP contribution in [-0.4, -0.2) is 4.98 Å². The molecule has 0 saturated heterocycles. The van der Waals surface area contributed by atoms with Crippen LogP contribution in [0.5, 0.6) is 0 Å². The van der Waals surface area contributed by atoms with Crippen molar-refractivity contribution in [3.63, 3.8) is 0 Å². The van der Waals surface area contributed by atoms with E-state index in [1.165, 1.54) is 12.1 Å². The molecule has 1 unspecified atom stereocenters. The Morgan fingerprint density at radius 2 is 1.75 bits per heavy atom. The molecule has 1 heterocycles. The third-order valence-corrected chi connectivity index (χ3v) is 3.13. The van der Waals surface area contributed by atoms with Crippen molar-refractivity contribution in [1.29, 1.82) is 0 Å². The van der Waals surface area contributed by atoms with Gasteiger partial charge >= 0.3 is 6.18 Å². The average Bonchev–Trinajstić information content (AvgIpc) is 2.45. The first-order chi connectivity index (χ1) is 9.48. The van der Waals surface area contributed by atoms with E-state index in [-0.39, 0.29) is 18.2 Å². The number of hydrogen-bond acceptors (Lipinski definition) is 2. The van der Waals surface area contributed by atoms with Crippen LogP contribution in [0.25, 0.3) is 0 Å². The molecule has 2 nitrogen and oxygen atoms in total. The van der Waals surface area contributed by atoms with Gasteiger partial charge in [0.25, 0.3) is 0 Å². The summed E-state index contributed by atoms with van der Waals surface area (Å²) < 4.78 is 38.6. The van der Waals surface area contributed by atoms with Gasteiger partial charge in [0.15, 0.2) is 0 Å². The van der Waals surface area contributed by atoms with Gasteiger partial charge in [0.2, 0.25) is 0 Å². The largest absolute Gasteiger partial charge is 0.416 e. The van der Waals surface area contributed by atoms with E-state index in [2.05, 4.69) is 10.3 Å². The van der Waals surface area contributed by atoms with Crippen LogP contribution in [0.1, 0.15) is 29.7 Å². The molecule has 0 aliphatic carbocycles. The zero-order chi connectivity index (χ0) is 14.6. The van der Waals surface area contributed by atoms with Crippen molar-refractivity contribution >= 4 is 0 Å². The highest BCUT2D eigenvalue weighted by Crippen LogP contribution is 2.31. The first-order valence-electron chi connectivity index (χ1n) is 6.27. The first kappa shape index (κ1) is 14.5. The molecule has 2 aromatic rings. The number of aromatic nitrogens is 1. The molecule has 0 aliphatic rings. The number of halogens is 3. The summed E-state index contributed by atoms with van der Waals surface area (Å²) >= 11 is 0. The number of nitrogens with one attached hydrogen (secondary N) is 1. The van der Waals surface area contributed by atoms with Crippen LogP contribution in [0.15, 0.2) is 48.8 Å². The number of hydrogen-bond donors (Lipinski definition) is 1. The first-order valence-corrected chi connectivity index (χ1v) is 6.27. The second-order valence-corrected chi connectivity index (χ2v) is 4.54. The lowest BCUT2D eigenvalue weighted by Gasteiger charge is -2.17. The lowest BCUT2D eigenvalue weighted by molar-refractivity contribution is -0.138. The van der Waals surface area contributed by atoms with Gasteiger partial charge in [-0.05, 0) is 36.2 Å². The van der Waals surface area contributed by atoms with Crippen LogP contribution in [-0.2, 0) is 12.7 Å². The maximum atomic E-state index is 12.9. The highest BCUT2D eigenvalue weighted by molar-refractivity contribution is 5.29. The summed E-state index contributed by atoms with van der Waals surface area (Å²) in [6.07, 6.45) is -0.994. The van der Waals surface area contributed by atoms with Crippen molar-refractivity contribution in [1.82, 2.24) is 10.3 Å². The lowest BCUT2D eigenvalue weighted by Crippen LogP contribution is -2.20. The van der Waals surface area contributed by atoms with Gasteiger partial charge in [-0.1, -0.05) is 18.2 Å². The average molecular weight is 280 g/mol. The molecule has 1 aromatic carbocycles. The summed E-state index contributed by atoms with van der Waals surface area (Å²) in [6.45, 7) is 2.07. The van der Waals surface area contributed by atoms with Crippen molar-refractivity contribution < 1.29 is 13.2 Å². The summed E-state index contributed by atoms with van der Waals surface area (Å²) in [5, 5.41) is 3.10. The van der Waals surface area contributed by atoms with Crippen molar-refractivity contribution in [2.24, 2.45) is 0 Å². The standard InChI is InChI=1S/C15H15F3N2/c1-11(12-6-8-19-9-7-12)20-10-13-4-2-3-5-14(13)15(16,17)18/h2-9,11,20H,10H2,1H3. The molecule has 0 spiro atoms. The molecular weight excluding hydrogens is 265 g/mol. The van der Waals surface area contributed by atoms with Gasteiger partial charge in [-0.2, -0.15) is 13.2 Å². The molecule has 106 valence electrons. The lowest BCUT2D eigenvalue weighted by atomic mass is 10.1. The maximum Gasteiger partial charge on any atom is 0.416 e. The summed E-state index contributed by atoms with van der Waals surface area (Å²) in [7, 11) is 0. The van der Waals surface area contributed by atoms with E-state index in [9.17, 15) is 13.2 Å². The molecule has 1 aromatic heterocycles. The van der Waals surface area contributed by atoms with Crippen LogP contribution >= 0.6 is 0 Å². The Morgan fingerprint density at radius 3 is 2.40 bits per heavy atom. The molecule has 20 heavy (non-hydrogen) atoms. The SMILES string of the molecule is CC(NCc1ccccc1C(F)(F)F)c1ccncc1. The molecule has 0 amide bonds. The van der Waals surface area contributed by atoms with E-state index in [0.29, 0.717) is 0 Å². The summed E-state index contributed by atoms with van der Waals surface area (Å²) in [5.41, 5.74) is 0.653. The minimum atomic E-state index is -4.32. The minimum absolute atomic E-state index is 0.0423. The highest BCUT2D eigenvalue weighted by Gasteiger charge is 2.32. The van der Waals surface area contributed by atoms with Gasteiger partial charge in [0, 0.05) is 25.0 Å². The fraction of sp³-hybridized carbons (Fsp3) is 0.267. The minimum Gasteiger partial charge on any atom is -0.306 e. The number of benzene rings is 1. The van der Waals surface area contributed by atoms with Crippen LogP contribution < -0.4 is 5.32 Å². The Bertz CT molecular complexity index is 553. The molecule has 0 bridgehead atoms. The van der Waals surface area contributed by atoms with Gasteiger partial charge in [-0.3, -0.25) is 4.98 Å². The van der Waals surface area contributed by atoms with E-state index in [0.717, 1.165) is 11.6 Å². The van der Waals surface area contributed by atoms with Crippen LogP contribution in [0.2, 0.25) is 0 Å². The zero-order valence-corrected chi connectivity index (χ0v) is 11.0. The molecule has 1 N–H and O–H groups in total. The smallest absolute Gasteiger partial charge is 0.306 e. The number of nitrogens with zero attached hydrogens (tertiary/aromatic N) is 1. The maximum absolute atomic E-state index is 12.9. The van der Waals surface area contributed by atoms with Gasteiger partial charge in [0.05, 0.1) is 5.56 Å². The van der Waals surface area contributed by atoms with Crippen molar-refractivity contribution in [3.8, 4) is 0 Å². The molecule has 0 radical (unpaired) electrons. The topological polar surface area (TPSA) is 24.9 Å². The van der Waals surface area contributed by atoms with E-state index in [1.807, 2.05) is 19.1 Å². The molecule has 0 fully saturated rings. The van der Waals surface area contributed by atoms with E-state index >= 15 is 0 Å². The van der Waals surface area contributed by atoms with Crippen LogP contribution in [0, 0.1) is 0 Å². The van der Waals surface area contributed by atoms with E-state index < -0.39 is 11.7 Å². The van der Waals surface area contributed by atoms with Gasteiger partial charge in [-0.25, -0.2) is 0 Å². The number of pyridine rings is 1. The molecule has 5 heteroatoms. The molecule has 0 saturated carbocycles. The molecule has 1 atom stereocenters. The van der Waals surface area contributed by atoms with Gasteiger partial charge in [-0.15, -0.1) is 0 Å². The van der Waals surface area contributed by atoms with Crippen molar-refractivity contribution in [2.75, 3.05) is 0 Å². The zero-order valence-electron chi connectivity index (χ0n) is 11.0. The second kappa shape index (κ2) is 6.05. The number of alkyl halides is 3. The fourth-order valence-electron chi connectivity index (χ4n) is 1.98. The van der Waals surface area contributed by atoms with Crippen molar-refractivity contribution in [3.05, 3.63) is 65.5 Å². The summed E-state index contributed by atoms with van der Waals surface area (Å²) in [5.74, 6) is 0. The molecule has 2 rings (SSSR count). The Hall–Kier alpha value is -1.88. The normalized spacial score (nSPS) is 13.2. The van der Waals surface area contributed by atoms with Crippen LogP contribution in [0.3, 0.4) is 0 Å². The monoisotopic (exact) mass is 280 g/mol. The predicted octanol–water partition coefficient (Wildman–Crippen LogP) is 3.95. The van der Waals surface area contributed by atoms with Gasteiger partial charge < -0.3 is 5.32 Å². The Labute approximate surface area is 115 Å². The van der Waals surface area contributed by atoms with Gasteiger partial charge in [0.1, 0.15) is 0 Å². The summed E-state index contributed by atoms with van der Waals surface area (Å²) in [6, 6.07) is 9.26. The Kier molecular flexibility index (Phi) is 4.39. The Morgan fingerprint density at radius 1 is 1.10 bits per heavy atom. The Balaban J connectivity index is 2.08. The second-order valence-electron chi connectivity index (χ2n) is 4.54. The van der Waals surface area contributed by atoms with Crippen molar-refractivity contribution in [2.45, 2.75) is 25.7 Å². The third-order valence-electron chi connectivity index (χ3n) is 3.13. The van der Waals surface area contributed by atoms with E-state index in [4.69, 9.17) is 0 Å².